The summed E-state index contributed by atoms with van der Waals surface area (Å²) in [7, 11) is 0. The fourth-order valence-electron chi connectivity index (χ4n) is 5.53. The van der Waals surface area contributed by atoms with Gasteiger partial charge in [-0.25, -0.2) is 9.97 Å². The third-order valence-electron chi connectivity index (χ3n) is 7.98. The number of aromatic nitrogens is 3. The SMILES string of the molecule is Cc1cc2nc3c(nc2cc1C)C1(C(=O)Nc2ccncc2)CCC3(C)C1(C)C. The summed E-state index contributed by atoms with van der Waals surface area (Å²) in [5.74, 6) is 0.00802. The third-order valence-corrected chi connectivity index (χ3v) is 7.98. The van der Waals surface area contributed by atoms with Gasteiger partial charge in [0, 0.05) is 23.5 Å². The lowest BCUT2D eigenvalue weighted by molar-refractivity contribution is -0.125. The van der Waals surface area contributed by atoms with Crippen LogP contribution in [-0.4, -0.2) is 20.9 Å². The molecule has 2 aliphatic carbocycles. The molecule has 3 aromatic rings. The van der Waals surface area contributed by atoms with E-state index in [9.17, 15) is 4.79 Å². The van der Waals surface area contributed by atoms with Gasteiger partial charge in [0.2, 0.25) is 5.91 Å². The zero-order valence-electron chi connectivity index (χ0n) is 17.6. The predicted octanol–water partition coefficient (Wildman–Crippen LogP) is 4.61. The Morgan fingerprint density at radius 1 is 0.931 bits per heavy atom. The number of pyridine rings is 1. The molecule has 2 heterocycles. The van der Waals surface area contributed by atoms with Crippen LogP contribution in [0.25, 0.3) is 11.0 Å². The van der Waals surface area contributed by atoms with E-state index in [1.54, 1.807) is 12.4 Å². The molecule has 1 saturated carbocycles. The van der Waals surface area contributed by atoms with Crippen molar-refractivity contribution in [1.82, 2.24) is 15.0 Å². The van der Waals surface area contributed by atoms with Crippen LogP contribution >= 0.6 is 0 Å². The zero-order valence-corrected chi connectivity index (χ0v) is 17.6. The van der Waals surface area contributed by atoms with Gasteiger partial charge in [0.1, 0.15) is 0 Å². The predicted molar refractivity (Wildman–Crippen MR) is 114 cm³/mol. The number of rotatable bonds is 2. The first-order valence-electron chi connectivity index (χ1n) is 10.2. The molecular weight excluding hydrogens is 360 g/mol. The summed E-state index contributed by atoms with van der Waals surface area (Å²) in [5.41, 5.74) is 5.64. The maximum atomic E-state index is 13.8. The first kappa shape index (κ1) is 18.2. The van der Waals surface area contributed by atoms with Crippen molar-refractivity contribution in [3.05, 3.63) is 59.2 Å². The van der Waals surface area contributed by atoms with Gasteiger partial charge in [0.15, 0.2) is 0 Å². The number of carbonyl (C=O) groups is 1. The molecular formula is C24H26N4O. The Kier molecular flexibility index (Phi) is 3.53. The van der Waals surface area contributed by atoms with Gasteiger partial charge in [0.05, 0.1) is 27.8 Å². The average Bonchev–Trinajstić information content (AvgIpc) is 2.98. The molecule has 2 bridgehead atoms. The van der Waals surface area contributed by atoms with Gasteiger partial charge >= 0.3 is 0 Å². The largest absolute Gasteiger partial charge is 0.325 e. The summed E-state index contributed by atoms with van der Waals surface area (Å²) < 4.78 is 0. The summed E-state index contributed by atoms with van der Waals surface area (Å²) in [6.07, 6.45) is 5.10. The molecule has 1 N–H and O–H groups in total. The molecule has 1 fully saturated rings. The normalized spacial score (nSPS) is 26.5. The number of nitrogens with one attached hydrogen (secondary N) is 1. The highest BCUT2D eigenvalue weighted by Gasteiger charge is 2.73. The van der Waals surface area contributed by atoms with Gasteiger partial charge in [-0.1, -0.05) is 20.8 Å². The van der Waals surface area contributed by atoms with Gasteiger partial charge in [-0.05, 0) is 67.5 Å². The van der Waals surface area contributed by atoms with E-state index in [0.29, 0.717) is 0 Å². The lowest BCUT2D eigenvalue weighted by Gasteiger charge is -2.39. The van der Waals surface area contributed by atoms with Crippen molar-refractivity contribution in [2.75, 3.05) is 5.32 Å². The number of amides is 1. The number of hydrogen-bond donors (Lipinski definition) is 1. The van der Waals surface area contributed by atoms with Crippen LogP contribution in [0.1, 0.15) is 56.1 Å². The minimum atomic E-state index is -0.694. The van der Waals surface area contributed by atoms with Crippen LogP contribution in [0.2, 0.25) is 0 Å². The minimum absolute atomic E-state index is 0.00802. The summed E-state index contributed by atoms with van der Waals surface area (Å²) >= 11 is 0. The van der Waals surface area contributed by atoms with Gasteiger partial charge in [-0.2, -0.15) is 0 Å². The monoisotopic (exact) mass is 386 g/mol. The van der Waals surface area contributed by atoms with Crippen LogP contribution in [0.5, 0.6) is 0 Å². The molecule has 2 aliphatic rings. The maximum absolute atomic E-state index is 13.8. The molecule has 5 nitrogen and oxygen atoms in total. The molecule has 29 heavy (non-hydrogen) atoms. The highest BCUT2D eigenvalue weighted by molar-refractivity contribution is 6.02. The summed E-state index contributed by atoms with van der Waals surface area (Å²) in [6, 6.07) is 7.85. The summed E-state index contributed by atoms with van der Waals surface area (Å²) in [4.78, 5) is 28.0. The molecule has 5 heteroatoms. The molecule has 1 aromatic carbocycles. The summed E-state index contributed by atoms with van der Waals surface area (Å²) in [5, 5.41) is 3.14. The Morgan fingerprint density at radius 2 is 1.52 bits per heavy atom. The van der Waals surface area contributed by atoms with E-state index in [-0.39, 0.29) is 16.7 Å². The lowest BCUT2D eigenvalue weighted by atomic mass is 9.63. The van der Waals surface area contributed by atoms with Crippen LogP contribution in [0.4, 0.5) is 5.69 Å². The number of anilines is 1. The van der Waals surface area contributed by atoms with E-state index in [2.05, 4.69) is 57.1 Å². The van der Waals surface area contributed by atoms with Crippen molar-refractivity contribution in [2.24, 2.45) is 5.41 Å². The van der Waals surface area contributed by atoms with Gasteiger partial charge in [-0.15, -0.1) is 0 Å². The highest BCUT2D eigenvalue weighted by Crippen LogP contribution is 2.70. The Labute approximate surface area is 171 Å². The fraction of sp³-hybridized carbons (Fsp3) is 0.417. The smallest absolute Gasteiger partial charge is 0.237 e. The molecule has 0 radical (unpaired) electrons. The Bertz CT molecular complexity index is 1170. The van der Waals surface area contributed by atoms with Crippen LogP contribution in [0, 0.1) is 19.3 Å². The molecule has 0 spiro atoms. The molecule has 1 amide bonds. The van der Waals surface area contributed by atoms with Crippen LogP contribution in [0.15, 0.2) is 36.7 Å². The Hall–Kier alpha value is -2.82. The summed E-state index contributed by atoms with van der Waals surface area (Å²) in [6.45, 7) is 10.9. The number of benzene rings is 1. The van der Waals surface area contributed by atoms with Gasteiger partial charge < -0.3 is 5.32 Å². The van der Waals surface area contributed by atoms with E-state index >= 15 is 0 Å². The fourth-order valence-corrected chi connectivity index (χ4v) is 5.53. The first-order valence-corrected chi connectivity index (χ1v) is 10.2. The first-order chi connectivity index (χ1) is 13.7. The lowest BCUT2D eigenvalue weighted by Crippen LogP contribution is -2.48. The molecule has 2 aromatic heterocycles. The third kappa shape index (κ3) is 2.10. The molecule has 5 rings (SSSR count). The quantitative estimate of drug-likeness (QED) is 0.698. The standard InChI is InChI=1S/C24H26N4O/c1-14-12-17-18(13-15(14)2)28-20-19(27-17)23(5)8-9-24(20,22(23,3)4)21(29)26-16-6-10-25-11-7-16/h6-7,10-13H,8-9H2,1-5H3,(H,25,26,29). The minimum Gasteiger partial charge on any atom is -0.325 e. The number of nitrogens with zero attached hydrogens (tertiary/aromatic N) is 3. The van der Waals surface area contributed by atoms with Gasteiger partial charge in [-0.3, -0.25) is 9.78 Å². The zero-order chi connectivity index (χ0) is 20.6. The van der Waals surface area contributed by atoms with Crippen molar-refractivity contribution >= 4 is 22.6 Å². The highest BCUT2D eigenvalue weighted by atomic mass is 16.2. The maximum Gasteiger partial charge on any atom is 0.237 e. The number of aryl methyl sites for hydroxylation is 2. The number of carbonyl (C=O) groups excluding carboxylic acids is 1. The van der Waals surface area contributed by atoms with Crippen LogP contribution in [0.3, 0.4) is 0 Å². The Balaban J connectivity index is 1.73. The molecule has 2 unspecified atom stereocenters. The molecule has 2 atom stereocenters. The second-order valence-corrected chi connectivity index (χ2v) is 9.40. The van der Waals surface area contributed by atoms with Crippen LogP contribution < -0.4 is 5.32 Å². The average molecular weight is 386 g/mol. The van der Waals surface area contributed by atoms with E-state index in [0.717, 1.165) is 41.0 Å². The molecule has 0 saturated heterocycles. The topological polar surface area (TPSA) is 67.8 Å². The van der Waals surface area contributed by atoms with Crippen LogP contribution in [-0.2, 0) is 15.6 Å². The van der Waals surface area contributed by atoms with E-state index in [4.69, 9.17) is 9.97 Å². The van der Waals surface area contributed by atoms with Crippen molar-refractivity contribution < 1.29 is 4.79 Å². The van der Waals surface area contributed by atoms with Crippen molar-refractivity contribution in [2.45, 2.75) is 58.3 Å². The van der Waals surface area contributed by atoms with Crippen molar-refractivity contribution in [3.63, 3.8) is 0 Å². The van der Waals surface area contributed by atoms with E-state index < -0.39 is 5.41 Å². The Morgan fingerprint density at radius 3 is 2.14 bits per heavy atom. The van der Waals surface area contributed by atoms with Gasteiger partial charge in [0.25, 0.3) is 0 Å². The number of fused-ring (bicyclic) bond motifs is 6. The van der Waals surface area contributed by atoms with E-state index in [1.807, 2.05) is 12.1 Å². The number of hydrogen-bond acceptors (Lipinski definition) is 4. The van der Waals surface area contributed by atoms with Crippen molar-refractivity contribution in [3.8, 4) is 0 Å². The van der Waals surface area contributed by atoms with E-state index in [1.165, 1.54) is 11.1 Å². The second-order valence-electron chi connectivity index (χ2n) is 9.40. The molecule has 148 valence electrons. The van der Waals surface area contributed by atoms with Crippen molar-refractivity contribution in [1.29, 1.82) is 0 Å². The molecule has 0 aliphatic heterocycles. The second kappa shape index (κ2) is 5.62.